The van der Waals surface area contributed by atoms with Crippen LogP contribution in [0.15, 0.2) is 18.2 Å². The van der Waals surface area contributed by atoms with Crippen molar-refractivity contribution in [3.63, 3.8) is 0 Å². The minimum Gasteiger partial charge on any atom is -0.483 e. The van der Waals surface area contributed by atoms with E-state index in [0.717, 1.165) is 12.8 Å². The summed E-state index contributed by atoms with van der Waals surface area (Å²) >= 11 is 0. The van der Waals surface area contributed by atoms with E-state index in [1.807, 2.05) is 0 Å². The summed E-state index contributed by atoms with van der Waals surface area (Å²) in [5.41, 5.74) is 0.691. The number of rotatable bonds is 6. The van der Waals surface area contributed by atoms with Crippen LogP contribution in [0, 0.1) is 5.82 Å². The molecular weight excluding hydrogens is 275 g/mol. The first-order valence-corrected chi connectivity index (χ1v) is 7.12. The molecule has 0 bridgehead atoms. The Morgan fingerprint density at radius 3 is 2.90 bits per heavy atom. The van der Waals surface area contributed by atoms with Gasteiger partial charge in [0.25, 0.3) is 5.91 Å². The molecule has 5 nitrogen and oxygen atoms in total. The Morgan fingerprint density at radius 1 is 1.43 bits per heavy atom. The van der Waals surface area contributed by atoms with Gasteiger partial charge in [0.1, 0.15) is 11.6 Å². The van der Waals surface area contributed by atoms with E-state index in [2.05, 4.69) is 10.6 Å². The van der Waals surface area contributed by atoms with Gasteiger partial charge in [0.15, 0.2) is 6.61 Å². The molecule has 1 amide bonds. The zero-order valence-electron chi connectivity index (χ0n) is 12.2. The van der Waals surface area contributed by atoms with E-state index in [-0.39, 0.29) is 24.4 Å². The van der Waals surface area contributed by atoms with Crippen molar-refractivity contribution < 1.29 is 18.7 Å². The summed E-state index contributed by atoms with van der Waals surface area (Å²) in [6.45, 7) is 1.76. The second-order valence-electron chi connectivity index (χ2n) is 5.03. The lowest BCUT2D eigenvalue weighted by molar-refractivity contribution is -0.124. The summed E-state index contributed by atoms with van der Waals surface area (Å²) in [5, 5.41) is 5.86. The third-order valence-electron chi connectivity index (χ3n) is 3.33. The molecule has 0 aromatic heterocycles. The predicted molar refractivity (Wildman–Crippen MR) is 76.6 cm³/mol. The lowest BCUT2D eigenvalue weighted by atomic mass is 10.1. The number of hydrogen-bond acceptors (Lipinski definition) is 4. The molecule has 1 heterocycles. The molecule has 116 valence electrons. The molecule has 1 aliphatic rings. The maximum Gasteiger partial charge on any atom is 0.258 e. The standard InChI is InChI=1S/C15H21FN2O3/c1-17-9-11-8-12(16)2-3-14(11)21-10-15(19)18-13-4-6-20-7-5-13/h2-3,8,13,17H,4-7,9-10H2,1H3,(H,18,19). The van der Waals surface area contributed by atoms with Gasteiger partial charge in [0, 0.05) is 31.4 Å². The summed E-state index contributed by atoms with van der Waals surface area (Å²) < 4.78 is 23.9. The van der Waals surface area contributed by atoms with Gasteiger partial charge in [-0.1, -0.05) is 0 Å². The van der Waals surface area contributed by atoms with E-state index >= 15 is 0 Å². The maximum atomic E-state index is 13.2. The van der Waals surface area contributed by atoms with Crippen LogP contribution in [0.1, 0.15) is 18.4 Å². The summed E-state index contributed by atoms with van der Waals surface area (Å²) in [7, 11) is 1.77. The first-order chi connectivity index (χ1) is 10.2. The van der Waals surface area contributed by atoms with E-state index in [9.17, 15) is 9.18 Å². The second-order valence-corrected chi connectivity index (χ2v) is 5.03. The quantitative estimate of drug-likeness (QED) is 0.828. The highest BCUT2D eigenvalue weighted by molar-refractivity contribution is 5.77. The van der Waals surface area contributed by atoms with E-state index in [0.29, 0.717) is 31.1 Å². The van der Waals surface area contributed by atoms with Gasteiger partial charge in [-0.3, -0.25) is 4.79 Å². The Morgan fingerprint density at radius 2 is 2.19 bits per heavy atom. The van der Waals surface area contributed by atoms with Crippen molar-refractivity contribution in [1.82, 2.24) is 10.6 Å². The van der Waals surface area contributed by atoms with Gasteiger partial charge in [-0.15, -0.1) is 0 Å². The Hall–Kier alpha value is -1.66. The molecule has 1 aliphatic heterocycles. The molecule has 0 saturated carbocycles. The van der Waals surface area contributed by atoms with Crippen LogP contribution in [0.4, 0.5) is 4.39 Å². The van der Waals surface area contributed by atoms with Gasteiger partial charge in [0.2, 0.25) is 0 Å². The monoisotopic (exact) mass is 296 g/mol. The summed E-state index contributed by atoms with van der Waals surface area (Å²) in [6, 6.07) is 4.43. The lowest BCUT2D eigenvalue weighted by Gasteiger charge is -2.23. The molecule has 6 heteroatoms. The second kappa shape index (κ2) is 7.95. The zero-order chi connectivity index (χ0) is 15.1. The number of hydrogen-bond donors (Lipinski definition) is 2. The fourth-order valence-corrected chi connectivity index (χ4v) is 2.27. The largest absolute Gasteiger partial charge is 0.483 e. The van der Waals surface area contributed by atoms with Crippen molar-refractivity contribution in [3.05, 3.63) is 29.6 Å². The number of benzene rings is 1. The average molecular weight is 296 g/mol. The molecule has 2 rings (SSSR count). The predicted octanol–water partition coefficient (Wildman–Crippen LogP) is 1.22. The van der Waals surface area contributed by atoms with Crippen LogP contribution in [0.3, 0.4) is 0 Å². The van der Waals surface area contributed by atoms with Gasteiger partial charge in [0.05, 0.1) is 0 Å². The zero-order valence-corrected chi connectivity index (χ0v) is 12.2. The number of amides is 1. The van der Waals surface area contributed by atoms with Crippen LogP contribution in [-0.2, 0) is 16.1 Å². The van der Waals surface area contributed by atoms with Gasteiger partial charge < -0.3 is 20.1 Å². The fourth-order valence-electron chi connectivity index (χ4n) is 2.27. The highest BCUT2D eigenvalue weighted by Gasteiger charge is 2.16. The van der Waals surface area contributed by atoms with Gasteiger partial charge in [-0.25, -0.2) is 4.39 Å². The molecule has 0 radical (unpaired) electrons. The molecule has 0 atom stereocenters. The highest BCUT2D eigenvalue weighted by Crippen LogP contribution is 2.19. The number of nitrogens with one attached hydrogen (secondary N) is 2. The average Bonchev–Trinajstić information content (AvgIpc) is 2.48. The minimum absolute atomic E-state index is 0.0697. The Labute approximate surface area is 123 Å². The van der Waals surface area contributed by atoms with Crippen LogP contribution in [0.25, 0.3) is 0 Å². The molecular formula is C15H21FN2O3. The molecule has 2 N–H and O–H groups in total. The van der Waals surface area contributed by atoms with Crippen molar-refractivity contribution in [2.45, 2.75) is 25.4 Å². The number of carbonyl (C=O) groups is 1. The van der Waals surface area contributed by atoms with Crippen LogP contribution < -0.4 is 15.4 Å². The third kappa shape index (κ3) is 4.99. The molecule has 0 unspecified atom stereocenters. The number of ether oxygens (including phenoxy) is 2. The van der Waals surface area contributed by atoms with Crippen molar-refractivity contribution in [3.8, 4) is 5.75 Å². The fraction of sp³-hybridized carbons (Fsp3) is 0.533. The maximum absolute atomic E-state index is 13.2. The van der Waals surface area contributed by atoms with Crippen molar-refractivity contribution in [2.75, 3.05) is 26.9 Å². The van der Waals surface area contributed by atoms with Crippen LogP contribution in [-0.4, -0.2) is 38.8 Å². The van der Waals surface area contributed by atoms with Gasteiger partial charge in [-0.2, -0.15) is 0 Å². The molecule has 1 saturated heterocycles. The summed E-state index contributed by atoms with van der Waals surface area (Å²) in [4.78, 5) is 11.9. The Bertz CT molecular complexity index is 476. The topological polar surface area (TPSA) is 59.6 Å². The van der Waals surface area contributed by atoms with Crippen LogP contribution in [0.5, 0.6) is 5.75 Å². The normalized spacial score (nSPS) is 15.7. The first kappa shape index (κ1) is 15.7. The van der Waals surface area contributed by atoms with Gasteiger partial charge in [-0.05, 0) is 38.1 Å². The summed E-state index contributed by atoms with van der Waals surface area (Å²) in [5.74, 6) is 0.0359. The molecule has 0 aliphatic carbocycles. The molecule has 0 spiro atoms. The van der Waals surface area contributed by atoms with Crippen molar-refractivity contribution in [2.24, 2.45) is 0 Å². The van der Waals surface area contributed by atoms with E-state index in [1.165, 1.54) is 12.1 Å². The molecule has 1 fully saturated rings. The van der Waals surface area contributed by atoms with Crippen LogP contribution >= 0.6 is 0 Å². The number of carbonyl (C=O) groups excluding carboxylic acids is 1. The third-order valence-corrected chi connectivity index (χ3v) is 3.33. The van der Waals surface area contributed by atoms with E-state index in [1.54, 1.807) is 13.1 Å². The molecule has 1 aromatic rings. The SMILES string of the molecule is CNCc1cc(F)ccc1OCC(=O)NC1CCOCC1. The molecule has 21 heavy (non-hydrogen) atoms. The smallest absolute Gasteiger partial charge is 0.258 e. The van der Waals surface area contributed by atoms with E-state index < -0.39 is 0 Å². The first-order valence-electron chi connectivity index (χ1n) is 7.12. The summed E-state index contributed by atoms with van der Waals surface area (Å²) in [6.07, 6.45) is 1.65. The molecule has 1 aromatic carbocycles. The van der Waals surface area contributed by atoms with Gasteiger partial charge >= 0.3 is 0 Å². The van der Waals surface area contributed by atoms with Crippen molar-refractivity contribution in [1.29, 1.82) is 0 Å². The van der Waals surface area contributed by atoms with E-state index in [4.69, 9.17) is 9.47 Å². The minimum atomic E-state index is -0.320. The van der Waals surface area contributed by atoms with Crippen molar-refractivity contribution >= 4 is 5.91 Å². The highest BCUT2D eigenvalue weighted by atomic mass is 19.1. The number of halogens is 1. The Balaban J connectivity index is 1.85. The lowest BCUT2D eigenvalue weighted by Crippen LogP contribution is -2.41. The van der Waals surface area contributed by atoms with Crippen LogP contribution in [0.2, 0.25) is 0 Å². The Kier molecular flexibility index (Phi) is 5.95.